The number of benzene rings is 1. The molecule has 0 unspecified atom stereocenters. The molecule has 2 aromatic heterocycles. The molecule has 1 saturated heterocycles. The number of nitrogens with zero attached hydrogens (tertiary/aromatic N) is 3. The van der Waals surface area contributed by atoms with Crippen LogP contribution in [0.3, 0.4) is 0 Å². The molecule has 0 atom stereocenters. The lowest BCUT2D eigenvalue weighted by atomic mass is 10.2. The van der Waals surface area contributed by atoms with Crippen LogP contribution in [0.15, 0.2) is 36.7 Å². The summed E-state index contributed by atoms with van der Waals surface area (Å²) in [5.74, 6) is 1.14. The smallest absolute Gasteiger partial charge is 0.214 e. The lowest BCUT2D eigenvalue weighted by Gasteiger charge is -2.27. The number of aromatic nitrogens is 3. The summed E-state index contributed by atoms with van der Waals surface area (Å²) in [6, 6.07) is 8.96. The molecule has 1 aromatic carbocycles. The Balaban J connectivity index is 1.67. The third-order valence-electron chi connectivity index (χ3n) is 3.67. The molecular formula is C16H13Cl2N5O. The van der Waals surface area contributed by atoms with Gasteiger partial charge in [0.1, 0.15) is 17.9 Å². The molecule has 0 radical (unpaired) electrons. The number of hydrogen-bond acceptors (Lipinski definition) is 6. The fourth-order valence-corrected chi connectivity index (χ4v) is 2.60. The van der Waals surface area contributed by atoms with Crippen molar-refractivity contribution in [2.75, 3.05) is 18.4 Å². The van der Waals surface area contributed by atoms with E-state index in [0.29, 0.717) is 27.3 Å². The van der Waals surface area contributed by atoms with Crippen LogP contribution >= 0.6 is 23.2 Å². The second-order valence-electron chi connectivity index (χ2n) is 5.39. The van der Waals surface area contributed by atoms with Crippen molar-refractivity contribution >= 4 is 45.7 Å². The molecule has 3 heterocycles. The zero-order chi connectivity index (χ0) is 16.5. The lowest BCUT2D eigenvalue weighted by Crippen LogP contribution is -2.50. The summed E-state index contributed by atoms with van der Waals surface area (Å²) in [6.45, 7) is 1.67. The minimum absolute atomic E-state index is 0.158. The lowest BCUT2D eigenvalue weighted by molar-refractivity contribution is 0.136. The summed E-state index contributed by atoms with van der Waals surface area (Å²) in [5, 5.41) is 7.32. The van der Waals surface area contributed by atoms with E-state index in [0.717, 1.165) is 24.3 Å². The first-order valence-corrected chi connectivity index (χ1v) is 8.16. The van der Waals surface area contributed by atoms with E-state index >= 15 is 0 Å². The van der Waals surface area contributed by atoms with Gasteiger partial charge in [0, 0.05) is 24.8 Å². The molecular weight excluding hydrogens is 349 g/mol. The second-order valence-corrected chi connectivity index (χ2v) is 6.21. The van der Waals surface area contributed by atoms with E-state index in [2.05, 4.69) is 25.6 Å². The van der Waals surface area contributed by atoms with Gasteiger partial charge < -0.3 is 15.4 Å². The zero-order valence-corrected chi connectivity index (χ0v) is 14.0. The Morgan fingerprint density at radius 2 is 1.96 bits per heavy atom. The molecule has 1 aliphatic rings. The molecule has 0 saturated carbocycles. The number of halogens is 2. The van der Waals surface area contributed by atoms with Gasteiger partial charge in [-0.3, -0.25) is 0 Å². The summed E-state index contributed by atoms with van der Waals surface area (Å²) < 4.78 is 5.80. The molecule has 1 fully saturated rings. The van der Waals surface area contributed by atoms with Gasteiger partial charge in [0.2, 0.25) is 5.88 Å². The van der Waals surface area contributed by atoms with Crippen molar-refractivity contribution in [2.24, 2.45) is 0 Å². The standard InChI is InChI=1S/C16H13Cl2N5O/c17-11-2-1-9(5-12(11)18)22-16-15-13(20-8-21-16)3-4-14(23-15)24-10-6-19-7-10/h1-5,8,10,19H,6-7H2,(H,20,21,22). The molecule has 122 valence electrons. The zero-order valence-electron chi connectivity index (χ0n) is 12.5. The van der Waals surface area contributed by atoms with Crippen molar-refractivity contribution in [3.8, 4) is 5.88 Å². The van der Waals surface area contributed by atoms with Crippen LogP contribution in [-0.4, -0.2) is 34.1 Å². The number of nitrogens with one attached hydrogen (secondary N) is 2. The number of pyridine rings is 1. The fraction of sp³-hybridized carbons (Fsp3) is 0.188. The van der Waals surface area contributed by atoms with Gasteiger partial charge in [0.25, 0.3) is 0 Å². The van der Waals surface area contributed by atoms with Gasteiger partial charge in [0.05, 0.1) is 15.6 Å². The Kier molecular flexibility index (Phi) is 4.10. The van der Waals surface area contributed by atoms with Gasteiger partial charge in [-0.1, -0.05) is 23.2 Å². The second kappa shape index (κ2) is 6.39. The highest BCUT2D eigenvalue weighted by Crippen LogP contribution is 2.28. The summed E-state index contributed by atoms with van der Waals surface area (Å²) in [7, 11) is 0. The van der Waals surface area contributed by atoms with E-state index in [4.69, 9.17) is 27.9 Å². The summed E-state index contributed by atoms with van der Waals surface area (Å²) in [4.78, 5) is 13.1. The molecule has 4 rings (SSSR count). The predicted octanol–water partition coefficient (Wildman–Crippen LogP) is 3.43. The van der Waals surface area contributed by atoms with Crippen LogP contribution in [0.5, 0.6) is 5.88 Å². The summed E-state index contributed by atoms with van der Waals surface area (Å²) >= 11 is 12.0. The number of anilines is 2. The van der Waals surface area contributed by atoms with Crippen LogP contribution < -0.4 is 15.4 Å². The first kappa shape index (κ1) is 15.4. The van der Waals surface area contributed by atoms with Gasteiger partial charge in [-0.15, -0.1) is 0 Å². The van der Waals surface area contributed by atoms with Crippen LogP contribution in [0, 0.1) is 0 Å². The molecule has 6 nitrogen and oxygen atoms in total. The molecule has 8 heteroatoms. The minimum atomic E-state index is 0.158. The van der Waals surface area contributed by atoms with Gasteiger partial charge in [0.15, 0.2) is 5.82 Å². The Bertz CT molecular complexity index is 901. The molecule has 24 heavy (non-hydrogen) atoms. The van der Waals surface area contributed by atoms with Crippen molar-refractivity contribution in [1.29, 1.82) is 0 Å². The van der Waals surface area contributed by atoms with E-state index in [1.807, 2.05) is 18.2 Å². The quantitative estimate of drug-likeness (QED) is 0.741. The Hall–Kier alpha value is -2.15. The highest BCUT2D eigenvalue weighted by Gasteiger charge is 2.19. The predicted molar refractivity (Wildman–Crippen MR) is 94.4 cm³/mol. The number of ether oxygens (including phenoxy) is 1. The topological polar surface area (TPSA) is 72.0 Å². The average Bonchev–Trinajstić information content (AvgIpc) is 2.55. The number of rotatable bonds is 4. The van der Waals surface area contributed by atoms with Crippen LogP contribution in [0.4, 0.5) is 11.5 Å². The van der Waals surface area contributed by atoms with E-state index < -0.39 is 0 Å². The SMILES string of the molecule is Clc1ccc(Nc2ncnc3ccc(OC4CNC4)nc23)cc1Cl. The molecule has 3 aromatic rings. The van der Waals surface area contributed by atoms with Gasteiger partial charge >= 0.3 is 0 Å². The molecule has 0 aliphatic carbocycles. The normalized spacial score (nSPS) is 14.4. The number of fused-ring (bicyclic) bond motifs is 1. The van der Waals surface area contributed by atoms with Crippen LogP contribution in [0.1, 0.15) is 0 Å². The van der Waals surface area contributed by atoms with Crippen molar-refractivity contribution in [1.82, 2.24) is 20.3 Å². The summed E-state index contributed by atoms with van der Waals surface area (Å²) in [6.07, 6.45) is 1.64. The molecule has 2 N–H and O–H groups in total. The first-order chi connectivity index (χ1) is 11.7. The Morgan fingerprint density at radius 1 is 1.08 bits per heavy atom. The van der Waals surface area contributed by atoms with Crippen molar-refractivity contribution in [3.05, 3.63) is 46.7 Å². The van der Waals surface area contributed by atoms with Crippen LogP contribution in [0.25, 0.3) is 11.0 Å². The maximum atomic E-state index is 6.06. The maximum Gasteiger partial charge on any atom is 0.214 e. The molecule has 0 spiro atoms. The Labute approximate surface area is 148 Å². The van der Waals surface area contributed by atoms with Gasteiger partial charge in [-0.05, 0) is 24.3 Å². The molecule has 0 bridgehead atoms. The van der Waals surface area contributed by atoms with E-state index in [-0.39, 0.29) is 6.10 Å². The maximum absolute atomic E-state index is 6.06. The summed E-state index contributed by atoms with van der Waals surface area (Å²) in [5.41, 5.74) is 2.13. The molecule has 1 aliphatic heterocycles. The van der Waals surface area contributed by atoms with Gasteiger partial charge in [-0.2, -0.15) is 0 Å². The van der Waals surface area contributed by atoms with Crippen molar-refractivity contribution in [3.63, 3.8) is 0 Å². The highest BCUT2D eigenvalue weighted by molar-refractivity contribution is 6.42. The fourth-order valence-electron chi connectivity index (χ4n) is 2.31. The first-order valence-electron chi connectivity index (χ1n) is 7.40. The average molecular weight is 362 g/mol. The van der Waals surface area contributed by atoms with E-state index in [1.165, 1.54) is 6.33 Å². The van der Waals surface area contributed by atoms with E-state index in [9.17, 15) is 0 Å². The molecule has 0 amide bonds. The highest BCUT2D eigenvalue weighted by atomic mass is 35.5. The van der Waals surface area contributed by atoms with Crippen molar-refractivity contribution < 1.29 is 4.74 Å². The third kappa shape index (κ3) is 3.08. The largest absolute Gasteiger partial charge is 0.472 e. The van der Waals surface area contributed by atoms with Gasteiger partial charge in [-0.25, -0.2) is 15.0 Å². The monoisotopic (exact) mass is 361 g/mol. The van der Waals surface area contributed by atoms with Crippen LogP contribution in [0.2, 0.25) is 10.0 Å². The van der Waals surface area contributed by atoms with Crippen LogP contribution in [-0.2, 0) is 0 Å². The third-order valence-corrected chi connectivity index (χ3v) is 4.41. The minimum Gasteiger partial charge on any atom is -0.472 e. The van der Waals surface area contributed by atoms with Crippen molar-refractivity contribution in [2.45, 2.75) is 6.10 Å². The van der Waals surface area contributed by atoms with E-state index in [1.54, 1.807) is 12.1 Å². The Morgan fingerprint density at radius 3 is 2.71 bits per heavy atom. The number of hydrogen-bond donors (Lipinski definition) is 2.